The molecule has 0 atom stereocenters. The molecule has 0 aliphatic carbocycles. The van der Waals surface area contributed by atoms with E-state index in [0.29, 0.717) is 25.4 Å². The van der Waals surface area contributed by atoms with Crippen molar-refractivity contribution in [2.24, 2.45) is 0 Å². The molecule has 0 unspecified atom stereocenters. The Kier molecular flexibility index (Phi) is 7.26. The highest BCUT2D eigenvalue weighted by Crippen LogP contribution is 2.22. The second-order valence-electron chi connectivity index (χ2n) is 9.38. The van der Waals surface area contributed by atoms with E-state index in [1.165, 1.54) is 16.7 Å². The number of thioether (sulfide) groups is 1. The van der Waals surface area contributed by atoms with Crippen molar-refractivity contribution in [3.8, 4) is 11.4 Å². The van der Waals surface area contributed by atoms with Crippen LogP contribution in [0.25, 0.3) is 11.4 Å². The van der Waals surface area contributed by atoms with Crippen molar-refractivity contribution in [1.29, 1.82) is 0 Å². The molecule has 3 heterocycles. The Bertz CT molecular complexity index is 1640. The number of nitrogens with zero attached hydrogens (tertiary/aromatic N) is 8. The van der Waals surface area contributed by atoms with Gasteiger partial charge in [0.1, 0.15) is 5.69 Å². The fourth-order valence-electron chi connectivity index (χ4n) is 4.27. The first-order valence-corrected chi connectivity index (χ1v) is 13.7. The third-order valence-corrected chi connectivity index (χ3v) is 7.12. The first-order chi connectivity index (χ1) is 19.2. The summed E-state index contributed by atoms with van der Waals surface area (Å²) in [6.45, 7) is 3.98. The number of hydrogen-bond donors (Lipinski definition) is 1. The van der Waals surface area contributed by atoms with Crippen LogP contribution >= 0.6 is 11.8 Å². The summed E-state index contributed by atoms with van der Waals surface area (Å²) in [6, 6.07) is 28.9. The fourth-order valence-corrected chi connectivity index (χ4v) is 5.01. The maximum Gasteiger partial charge on any atom is 0.352 e. The minimum absolute atomic E-state index is 0.527. The normalized spacial score (nSPS) is 11.2. The van der Waals surface area contributed by atoms with Crippen LogP contribution in [-0.4, -0.2) is 40.1 Å². The standard InChI is InChI=1S/C29H27N9S/c1-22-12-14-25(15-13-22)28-30-29(39-21-27-19-37(35-32-27)17-24-10-6-3-7-11-24)33-38(28)20-26-18-36(34-31-26)16-23-8-4-2-5-9-23/h2-15,18-19H,16-17,20-21H2,1H3/p+1. The van der Waals surface area contributed by atoms with Crippen LogP contribution in [0, 0.1) is 6.92 Å². The Morgan fingerprint density at radius 1 is 0.744 bits per heavy atom. The van der Waals surface area contributed by atoms with Gasteiger partial charge in [0.25, 0.3) is 0 Å². The number of hydrogen-bond acceptors (Lipinski definition) is 6. The summed E-state index contributed by atoms with van der Waals surface area (Å²) in [5.41, 5.74) is 6.38. The van der Waals surface area contributed by atoms with Crippen molar-refractivity contribution in [2.45, 2.75) is 37.5 Å². The van der Waals surface area contributed by atoms with E-state index in [4.69, 9.17) is 4.98 Å². The van der Waals surface area contributed by atoms with E-state index in [2.05, 4.69) is 81.2 Å². The van der Waals surface area contributed by atoms with Gasteiger partial charge in [0.2, 0.25) is 0 Å². The lowest BCUT2D eigenvalue weighted by Crippen LogP contribution is -2.38. The van der Waals surface area contributed by atoms with Crippen molar-refractivity contribution in [2.75, 3.05) is 0 Å². The predicted octanol–water partition coefficient (Wildman–Crippen LogP) is 4.29. The smallest absolute Gasteiger partial charge is 0.248 e. The Labute approximate surface area is 230 Å². The predicted molar refractivity (Wildman–Crippen MR) is 149 cm³/mol. The molecule has 0 amide bonds. The van der Waals surface area contributed by atoms with Gasteiger partial charge in [0.15, 0.2) is 6.54 Å². The highest BCUT2D eigenvalue weighted by atomic mass is 32.2. The van der Waals surface area contributed by atoms with E-state index >= 15 is 0 Å². The highest BCUT2D eigenvalue weighted by Gasteiger charge is 2.23. The molecule has 0 aliphatic heterocycles. The van der Waals surface area contributed by atoms with Crippen molar-refractivity contribution < 1.29 is 4.68 Å². The maximum atomic E-state index is 4.93. The zero-order valence-corrected chi connectivity index (χ0v) is 22.4. The minimum atomic E-state index is 0.527. The zero-order chi connectivity index (χ0) is 26.4. The molecule has 3 aromatic carbocycles. The van der Waals surface area contributed by atoms with Crippen molar-refractivity contribution >= 4 is 11.8 Å². The molecule has 9 nitrogen and oxygen atoms in total. The lowest BCUT2D eigenvalue weighted by Gasteiger charge is -1.99. The third kappa shape index (κ3) is 6.29. The minimum Gasteiger partial charge on any atom is -0.248 e. The average molecular weight is 535 g/mol. The fraction of sp³-hybridized carbons (Fsp3) is 0.172. The van der Waals surface area contributed by atoms with Gasteiger partial charge in [-0.1, -0.05) is 101 Å². The highest BCUT2D eigenvalue weighted by molar-refractivity contribution is 7.98. The molecule has 0 saturated heterocycles. The number of aromatic nitrogens is 9. The van der Waals surface area contributed by atoms with E-state index < -0.39 is 0 Å². The van der Waals surface area contributed by atoms with Gasteiger partial charge >= 0.3 is 11.0 Å². The lowest BCUT2D eigenvalue weighted by atomic mass is 10.1. The van der Waals surface area contributed by atoms with Crippen molar-refractivity contribution in [1.82, 2.24) is 40.1 Å². The second kappa shape index (κ2) is 11.4. The van der Waals surface area contributed by atoms with Crippen LogP contribution < -0.4 is 4.68 Å². The molecular weight excluding hydrogens is 506 g/mol. The molecule has 1 N–H and O–H groups in total. The van der Waals surface area contributed by atoms with Gasteiger partial charge in [-0.15, -0.1) is 14.9 Å². The zero-order valence-electron chi connectivity index (χ0n) is 21.6. The first kappa shape index (κ1) is 24.7. The molecule has 6 rings (SSSR count). The molecule has 6 aromatic rings. The molecule has 194 valence electrons. The van der Waals surface area contributed by atoms with Crippen LogP contribution in [0.1, 0.15) is 28.1 Å². The summed E-state index contributed by atoms with van der Waals surface area (Å²) in [5.74, 6) is 1.51. The van der Waals surface area contributed by atoms with Gasteiger partial charge in [-0.3, -0.25) is 0 Å². The van der Waals surface area contributed by atoms with Gasteiger partial charge in [-0.25, -0.2) is 9.36 Å². The van der Waals surface area contributed by atoms with Gasteiger partial charge in [-0.2, -0.15) is 5.10 Å². The molecule has 0 saturated carbocycles. The second-order valence-corrected chi connectivity index (χ2v) is 10.3. The Morgan fingerprint density at radius 3 is 1.97 bits per heavy atom. The molecule has 0 spiro atoms. The molecular formula is C29H28N9S+. The number of benzene rings is 3. The largest absolute Gasteiger partial charge is 0.352 e. The quantitative estimate of drug-likeness (QED) is 0.208. The molecule has 3 aromatic heterocycles. The molecule has 39 heavy (non-hydrogen) atoms. The van der Waals surface area contributed by atoms with Gasteiger partial charge in [0.05, 0.1) is 30.5 Å². The van der Waals surface area contributed by atoms with Crippen LogP contribution in [0.5, 0.6) is 0 Å². The first-order valence-electron chi connectivity index (χ1n) is 12.7. The SMILES string of the molecule is Cc1ccc(-c2nc(SCc3cn(Cc4ccccc4)nn3)[nH][n+]2Cc2cn(Cc3ccccc3)nn2)cc1. The maximum absolute atomic E-state index is 4.93. The third-order valence-electron chi connectivity index (χ3n) is 6.23. The van der Waals surface area contributed by atoms with Gasteiger partial charge in [-0.05, 0) is 35.2 Å². The Hall–Kier alpha value is -4.57. The Morgan fingerprint density at radius 2 is 1.33 bits per heavy atom. The summed E-state index contributed by atoms with van der Waals surface area (Å²) in [5, 5.41) is 21.6. The summed E-state index contributed by atoms with van der Waals surface area (Å²) < 4.78 is 5.75. The van der Waals surface area contributed by atoms with Crippen molar-refractivity contribution in [3.63, 3.8) is 0 Å². The van der Waals surface area contributed by atoms with Gasteiger partial charge in [0, 0.05) is 11.9 Å². The van der Waals surface area contributed by atoms with E-state index in [-0.39, 0.29) is 0 Å². The van der Waals surface area contributed by atoms with Gasteiger partial charge < -0.3 is 0 Å². The number of rotatable bonds is 10. The monoisotopic (exact) mass is 534 g/mol. The number of aryl methyl sites for hydroxylation is 1. The number of nitrogens with one attached hydrogen (secondary N) is 1. The van der Waals surface area contributed by atoms with E-state index in [9.17, 15) is 0 Å². The average Bonchev–Trinajstić information content (AvgIpc) is 3.70. The van der Waals surface area contributed by atoms with Crippen LogP contribution in [0.15, 0.2) is 102 Å². The van der Waals surface area contributed by atoms with E-state index in [0.717, 1.165) is 27.9 Å². The summed E-state index contributed by atoms with van der Waals surface area (Å²) in [4.78, 5) is 4.93. The van der Waals surface area contributed by atoms with Crippen molar-refractivity contribution in [3.05, 3.63) is 125 Å². The number of aromatic amines is 1. The molecule has 0 aliphatic rings. The summed E-state index contributed by atoms with van der Waals surface area (Å²) in [7, 11) is 0. The van der Waals surface area contributed by atoms with Crippen LogP contribution in [-0.2, 0) is 25.4 Å². The number of H-pyrrole nitrogens is 1. The van der Waals surface area contributed by atoms with E-state index in [1.54, 1.807) is 11.8 Å². The molecule has 0 radical (unpaired) electrons. The lowest BCUT2D eigenvalue weighted by molar-refractivity contribution is -0.735. The summed E-state index contributed by atoms with van der Waals surface area (Å²) in [6.07, 6.45) is 3.97. The Balaban J connectivity index is 1.18. The molecule has 0 bridgehead atoms. The summed E-state index contributed by atoms with van der Waals surface area (Å²) >= 11 is 1.60. The van der Waals surface area contributed by atoms with Crippen LogP contribution in [0.4, 0.5) is 0 Å². The van der Waals surface area contributed by atoms with E-state index in [1.807, 2.05) is 62.8 Å². The van der Waals surface area contributed by atoms with Crippen LogP contribution in [0.2, 0.25) is 0 Å². The topological polar surface area (TPSA) is 94.0 Å². The molecule has 10 heteroatoms. The van der Waals surface area contributed by atoms with Crippen LogP contribution in [0.3, 0.4) is 0 Å². The molecule has 0 fully saturated rings.